The number of halogens is 2. The largest absolute Gasteiger partial charge is 0.394 e. The van der Waals surface area contributed by atoms with Crippen molar-refractivity contribution < 1.29 is 14.3 Å². The van der Waals surface area contributed by atoms with Crippen molar-refractivity contribution in [1.82, 2.24) is 5.32 Å². The second-order valence-electron chi connectivity index (χ2n) is 4.15. The minimum absolute atomic E-state index is 0.145. The molecule has 0 aliphatic carbocycles. The van der Waals surface area contributed by atoms with Gasteiger partial charge in [0.05, 0.1) is 17.7 Å². The zero-order chi connectivity index (χ0) is 13.1. The van der Waals surface area contributed by atoms with Crippen molar-refractivity contribution in [2.45, 2.75) is 25.8 Å². The Morgan fingerprint density at radius 1 is 1.59 bits per heavy atom. The van der Waals surface area contributed by atoms with Crippen LogP contribution in [0.3, 0.4) is 0 Å². The Labute approximate surface area is 108 Å². The topological polar surface area (TPSA) is 49.3 Å². The normalized spacial score (nSPS) is 14.2. The fourth-order valence-corrected chi connectivity index (χ4v) is 1.79. The Bertz CT molecular complexity index is 419. The third-order valence-corrected chi connectivity index (χ3v) is 3.38. The summed E-state index contributed by atoms with van der Waals surface area (Å²) in [5.41, 5.74) is -0.315. The highest BCUT2D eigenvalue weighted by atomic mass is 79.9. The van der Waals surface area contributed by atoms with E-state index in [0.29, 0.717) is 16.5 Å². The monoisotopic (exact) mass is 303 g/mol. The Kier molecular flexibility index (Phi) is 4.65. The number of hydrogen-bond acceptors (Lipinski definition) is 2. The van der Waals surface area contributed by atoms with Gasteiger partial charge < -0.3 is 10.4 Å². The molecule has 1 rings (SSSR count). The van der Waals surface area contributed by atoms with E-state index in [1.165, 1.54) is 18.2 Å². The lowest BCUT2D eigenvalue weighted by molar-refractivity contribution is 0.0846. The molecular weight excluding hydrogens is 289 g/mol. The van der Waals surface area contributed by atoms with E-state index in [1.807, 2.05) is 6.92 Å². The fourth-order valence-electron chi connectivity index (χ4n) is 1.25. The smallest absolute Gasteiger partial charge is 0.252 e. The van der Waals surface area contributed by atoms with Gasteiger partial charge in [0, 0.05) is 4.47 Å². The van der Waals surface area contributed by atoms with Crippen LogP contribution >= 0.6 is 15.9 Å². The van der Waals surface area contributed by atoms with E-state index in [4.69, 9.17) is 0 Å². The summed E-state index contributed by atoms with van der Waals surface area (Å²) in [6.07, 6.45) is 0.605. The van der Waals surface area contributed by atoms with Gasteiger partial charge in [-0.05, 0) is 47.5 Å². The molecule has 5 heteroatoms. The molecule has 0 aliphatic rings. The van der Waals surface area contributed by atoms with Gasteiger partial charge in [0.15, 0.2) is 0 Å². The summed E-state index contributed by atoms with van der Waals surface area (Å²) in [6.45, 7) is 3.48. The molecular formula is C12H15BrFNO2. The first-order valence-corrected chi connectivity index (χ1v) is 6.09. The van der Waals surface area contributed by atoms with Crippen LogP contribution in [0.25, 0.3) is 0 Å². The van der Waals surface area contributed by atoms with Crippen LogP contribution in [0.15, 0.2) is 22.7 Å². The molecule has 0 fully saturated rings. The molecule has 94 valence electrons. The van der Waals surface area contributed by atoms with Gasteiger partial charge >= 0.3 is 0 Å². The van der Waals surface area contributed by atoms with Gasteiger partial charge in [-0.15, -0.1) is 0 Å². The van der Waals surface area contributed by atoms with Gasteiger partial charge in [0.1, 0.15) is 5.82 Å². The molecule has 0 bridgehead atoms. The zero-order valence-electron chi connectivity index (χ0n) is 9.76. The fraction of sp³-hybridized carbons (Fsp3) is 0.417. The highest BCUT2D eigenvalue weighted by Gasteiger charge is 2.24. The minimum Gasteiger partial charge on any atom is -0.394 e. The maximum atomic E-state index is 12.9. The van der Waals surface area contributed by atoms with Gasteiger partial charge in [0.2, 0.25) is 0 Å². The van der Waals surface area contributed by atoms with Crippen LogP contribution in [0.1, 0.15) is 30.6 Å². The van der Waals surface area contributed by atoms with Gasteiger partial charge in [-0.1, -0.05) is 6.92 Å². The molecule has 17 heavy (non-hydrogen) atoms. The summed E-state index contributed by atoms with van der Waals surface area (Å²) in [4.78, 5) is 11.9. The van der Waals surface area contributed by atoms with E-state index < -0.39 is 11.4 Å². The van der Waals surface area contributed by atoms with Gasteiger partial charge in [-0.25, -0.2) is 4.39 Å². The van der Waals surface area contributed by atoms with Crippen molar-refractivity contribution >= 4 is 21.8 Å². The van der Waals surface area contributed by atoms with Gasteiger partial charge in [-0.2, -0.15) is 0 Å². The molecule has 1 amide bonds. The van der Waals surface area contributed by atoms with Crippen molar-refractivity contribution in [3.05, 3.63) is 34.1 Å². The molecule has 0 radical (unpaired) electrons. The number of aliphatic hydroxyl groups excluding tert-OH is 1. The molecule has 0 heterocycles. The maximum absolute atomic E-state index is 12.9. The van der Waals surface area contributed by atoms with Crippen LogP contribution in [0.2, 0.25) is 0 Å². The molecule has 1 unspecified atom stereocenters. The summed E-state index contributed by atoms with van der Waals surface area (Å²) < 4.78 is 13.3. The Hall–Kier alpha value is -0.940. The maximum Gasteiger partial charge on any atom is 0.252 e. The Balaban J connectivity index is 2.90. The average molecular weight is 304 g/mol. The lowest BCUT2D eigenvalue weighted by atomic mass is 9.99. The van der Waals surface area contributed by atoms with Gasteiger partial charge in [-0.3, -0.25) is 4.79 Å². The number of nitrogens with one attached hydrogen (secondary N) is 1. The number of rotatable bonds is 4. The van der Waals surface area contributed by atoms with Crippen LogP contribution in [0.4, 0.5) is 4.39 Å². The van der Waals surface area contributed by atoms with Crippen molar-refractivity contribution in [1.29, 1.82) is 0 Å². The number of aliphatic hydroxyl groups is 1. The van der Waals surface area contributed by atoms with Crippen molar-refractivity contribution in [3.8, 4) is 0 Å². The predicted molar refractivity (Wildman–Crippen MR) is 67.3 cm³/mol. The second kappa shape index (κ2) is 5.60. The lowest BCUT2D eigenvalue weighted by Gasteiger charge is -2.27. The molecule has 0 saturated carbocycles. The van der Waals surface area contributed by atoms with E-state index in [-0.39, 0.29) is 12.5 Å². The van der Waals surface area contributed by atoms with Crippen LogP contribution in [-0.4, -0.2) is 23.2 Å². The van der Waals surface area contributed by atoms with Crippen molar-refractivity contribution in [2.24, 2.45) is 0 Å². The molecule has 1 aromatic carbocycles. The molecule has 0 aromatic heterocycles. The average Bonchev–Trinajstić information content (AvgIpc) is 2.28. The summed E-state index contributed by atoms with van der Waals surface area (Å²) >= 11 is 3.14. The van der Waals surface area contributed by atoms with Crippen LogP contribution in [-0.2, 0) is 0 Å². The van der Waals surface area contributed by atoms with E-state index in [1.54, 1.807) is 6.92 Å². The molecule has 0 aliphatic heterocycles. The van der Waals surface area contributed by atoms with Gasteiger partial charge in [0.25, 0.3) is 5.91 Å². The van der Waals surface area contributed by atoms with Crippen molar-refractivity contribution in [3.63, 3.8) is 0 Å². The van der Waals surface area contributed by atoms with E-state index in [0.717, 1.165) is 0 Å². The van der Waals surface area contributed by atoms with E-state index in [2.05, 4.69) is 21.2 Å². The number of amides is 1. The number of carbonyl (C=O) groups excluding carboxylic acids is 1. The molecule has 0 spiro atoms. The molecule has 2 N–H and O–H groups in total. The Morgan fingerprint density at radius 3 is 2.71 bits per heavy atom. The SMILES string of the molecule is CCC(C)(CO)NC(=O)c1ccc(F)cc1Br. The van der Waals surface area contributed by atoms with Crippen LogP contribution in [0, 0.1) is 5.82 Å². The number of carbonyl (C=O) groups is 1. The summed E-state index contributed by atoms with van der Waals surface area (Å²) in [7, 11) is 0. The highest BCUT2D eigenvalue weighted by molar-refractivity contribution is 9.10. The predicted octanol–water partition coefficient (Wildman–Crippen LogP) is 2.48. The first-order chi connectivity index (χ1) is 7.91. The third kappa shape index (κ3) is 3.51. The molecule has 1 aromatic rings. The first-order valence-electron chi connectivity index (χ1n) is 5.30. The molecule has 1 atom stereocenters. The molecule has 0 saturated heterocycles. The summed E-state index contributed by atoms with van der Waals surface area (Å²) in [5, 5.41) is 11.9. The van der Waals surface area contributed by atoms with Crippen LogP contribution in [0.5, 0.6) is 0 Å². The standard InChI is InChI=1S/C12H15BrFNO2/c1-3-12(2,7-16)15-11(17)9-5-4-8(14)6-10(9)13/h4-6,16H,3,7H2,1-2H3,(H,15,17). The van der Waals surface area contributed by atoms with E-state index >= 15 is 0 Å². The second-order valence-corrected chi connectivity index (χ2v) is 5.00. The number of hydrogen-bond donors (Lipinski definition) is 2. The molecule has 3 nitrogen and oxygen atoms in total. The Morgan fingerprint density at radius 2 is 2.24 bits per heavy atom. The first kappa shape index (κ1) is 14.1. The van der Waals surface area contributed by atoms with E-state index in [9.17, 15) is 14.3 Å². The quantitative estimate of drug-likeness (QED) is 0.898. The third-order valence-electron chi connectivity index (χ3n) is 2.72. The summed E-state index contributed by atoms with van der Waals surface area (Å²) in [6, 6.07) is 3.86. The minimum atomic E-state index is -0.662. The zero-order valence-corrected chi connectivity index (χ0v) is 11.3. The summed E-state index contributed by atoms with van der Waals surface area (Å²) in [5.74, 6) is -0.746. The highest BCUT2D eigenvalue weighted by Crippen LogP contribution is 2.19. The lowest BCUT2D eigenvalue weighted by Crippen LogP contribution is -2.48. The number of benzene rings is 1. The van der Waals surface area contributed by atoms with Crippen molar-refractivity contribution in [2.75, 3.05) is 6.61 Å². The van der Waals surface area contributed by atoms with Crippen LogP contribution < -0.4 is 5.32 Å².